The van der Waals surface area contributed by atoms with Crippen molar-refractivity contribution in [3.8, 4) is 0 Å². The second-order valence-electron chi connectivity index (χ2n) is 10.7. The summed E-state index contributed by atoms with van der Waals surface area (Å²) < 4.78 is 5.09. The third-order valence-corrected chi connectivity index (χ3v) is 11.4. The minimum atomic E-state index is -1.52. The van der Waals surface area contributed by atoms with E-state index in [1.807, 2.05) is 6.92 Å². The van der Waals surface area contributed by atoms with Crippen molar-refractivity contribution < 1.29 is 63.2 Å². The van der Waals surface area contributed by atoms with E-state index in [4.69, 9.17) is 26.1 Å². The molecule has 0 aliphatic carbocycles. The number of carbonyl (C=O) groups is 7. The van der Waals surface area contributed by atoms with E-state index in [9.17, 15) is 48.9 Å². The average molecular weight is 851 g/mol. The van der Waals surface area contributed by atoms with Crippen LogP contribution < -0.4 is 20.6 Å². The molecular weight excluding hydrogens is 813 g/mol. The van der Waals surface area contributed by atoms with Crippen molar-refractivity contribution in [1.29, 1.82) is 0 Å². The maximum Gasteiger partial charge on any atom is 0.373 e. The number of amides is 2. The van der Waals surface area contributed by atoms with Gasteiger partial charge in [0.15, 0.2) is 0 Å². The number of rotatable bonds is 17. The number of carboxylic acid groups (broad SMARTS) is 3. The number of carbonyl (C=O) groups excluding carboxylic acids is 9. The standard InChI is InChI=1S/C16H20NO6PS2.C12H16N2O5S.C2H5PS.CO2/c1-2-3-10(18)6-11-14(20)17-13(16(21)22)9(8-26-15(11)17)7-23-12(19)4-5-24-25;1-3-4-7(15)13-9(12(18)19)10-14-8(11(16)17)6(2)5-20-10;1-2-3-4;2-1-3/h11,15H,2-8H2,1H3,(H,21,22);9-10H,2-5H2,1H3,(H,13,15)(H,16,17)(H,18,19);2H2,1H3;/p-3. The van der Waals surface area contributed by atoms with Crippen LogP contribution in [0, 0.1) is 5.92 Å². The summed E-state index contributed by atoms with van der Waals surface area (Å²) in [6.07, 6.45) is 4.01. The molecule has 292 valence electrons. The van der Waals surface area contributed by atoms with E-state index >= 15 is 0 Å². The Morgan fingerprint density at radius 1 is 1.00 bits per heavy atom. The molecule has 3 aliphatic heterocycles. The highest BCUT2D eigenvalue weighted by Crippen LogP contribution is 2.45. The zero-order valence-corrected chi connectivity index (χ0v) is 34.1. The van der Waals surface area contributed by atoms with Crippen LogP contribution in [0.1, 0.15) is 59.3 Å². The topological polar surface area (TPSA) is 260 Å². The largest absolute Gasteiger partial charge is 0.548 e. The van der Waals surface area contributed by atoms with Crippen molar-refractivity contribution in [1.82, 2.24) is 10.2 Å². The Morgan fingerprint density at radius 2 is 1.60 bits per heavy atom. The molecule has 3 aliphatic rings. The van der Waals surface area contributed by atoms with E-state index in [0.717, 1.165) is 25.3 Å². The Kier molecular flexibility index (Phi) is 25.7. The van der Waals surface area contributed by atoms with Crippen LogP contribution in [-0.2, 0) is 71.5 Å². The lowest BCUT2D eigenvalue weighted by Crippen LogP contribution is -2.63. The molecule has 4 atom stereocenters. The maximum atomic E-state index is 12.4. The average Bonchev–Trinajstić information content (AvgIpc) is 3.11. The van der Waals surface area contributed by atoms with Crippen LogP contribution in [0.5, 0.6) is 0 Å². The van der Waals surface area contributed by atoms with Gasteiger partial charge in [-0.3, -0.25) is 29.1 Å². The summed E-state index contributed by atoms with van der Waals surface area (Å²) in [5, 5.41) is 34.5. The number of thioether (sulfide) groups is 2. The lowest BCUT2D eigenvalue weighted by Gasteiger charge is -2.50. The van der Waals surface area contributed by atoms with Gasteiger partial charge in [-0.15, -0.1) is 23.5 Å². The maximum absolute atomic E-state index is 12.4. The number of nitrogens with zero attached hydrogens (tertiary/aromatic N) is 2. The molecule has 22 heteroatoms. The minimum Gasteiger partial charge on any atom is -0.548 e. The summed E-state index contributed by atoms with van der Waals surface area (Å²) in [5.74, 6) is -5.79. The molecule has 1 saturated heterocycles. The predicted octanol–water partition coefficient (Wildman–Crippen LogP) is -0.705. The van der Waals surface area contributed by atoms with Crippen LogP contribution in [0.25, 0.3) is 0 Å². The molecule has 0 aromatic carbocycles. The zero-order valence-electron chi connectivity index (χ0n) is 29.0. The number of Topliss-reactive ketones (excluding diaryl/α,β-unsaturated/α-hetero) is 1. The number of aliphatic carboxylic acids is 3. The first kappa shape index (κ1) is 49.8. The van der Waals surface area contributed by atoms with Crippen LogP contribution in [0.3, 0.4) is 0 Å². The summed E-state index contributed by atoms with van der Waals surface area (Å²) in [7, 11) is 1.74. The molecular formula is C31H38N3O13P2S4-3. The highest BCUT2D eigenvalue weighted by molar-refractivity contribution is 8.00. The number of ketones is 1. The van der Waals surface area contributed by atoms with Crippen molar-refractivity contribution in [2.75, 3.05) is 30.4 Å². The molecule has 0 bridgehead atoms. The van der Waals surface area contributed by atoms with Gasteiger partial charge in [0.1, 0.15) is 23.8 Å². The smallest absolute Gasteiger partial charge is 0.373 e. The molecule has 0 spiro atoms. The molecule has 2 amide bonds. The monoisotopic (exact) mass is 850 g/mol. The van der Waals surface area contributed by atoms with Crippen LogP contribution in [0.15, 0.2) is 28.4 Å². The SMILES string of the molecule is C=C1CSC(C(NC(=O)CCC)C(=O)[O-])N=C1C(=O)[O-].CCCC(=O)CC1C(=O)N2C(C(=O)[O-])=C(COC(=O)CCP=S)CSC12.CCP=S.O=C=O. The van der Waals surface area contributed by atoms with Crippen LogP contribution >= 0.6 is 38.2 Å². The van der Waals surface area contributed by atoms with E-state index < -0.39 is 47.1 Å². The number of β-lactam (4-membered cyclic amide) rings is 1. The summed E-state index contributed by atoms with van der Waals surface area (Å²) in [6, 6.07) is -1.39. The predicted molar refractivity (Wildman–Crippen MR) is 197 cm³/mol. The van der Waals surface area contributed by atoms with Crippen molar-refractivity contribution in [3.63, 3.8) is 0 Å². The Labute approximate surface area is 328 Å². The first-order valence-electron chi connectivity index (χ1n) is 15.8. The van der Waals surface area contributed by atoms with Gasteiger partial charge in [-0.1, -0.05) is 51.0 Å². The Bertz CT molecular complexity index is 1500. The van der Waals surface area contributed by atoms with E-state index in [1.165, 1.54) is 16.7 Å². The zero-order chi connectivity index (χ0) is 40.7. The Morgan fingerprint density at radius 3 is 2.09 bits per heavy atom. The molecule has 0 aromatic heterocycles. The Hall–Kier alpha value is -3.24. The molecule has 0 aromatic rings. The second-order valence-corrected chi connectivity index (χ2v) is 16.1. The summed E-state index contributed by atoms with van der Waals surface area (Å²) in [4.78, 5) is 102. The summed E-state index contributed by atoms with van der Waals surface area (Å²) >= 11 is 11.7. The molecule has 1 fully saturated rings. The summed E-state index contributed by atoms with van der Waals surface area (Å²) in [5.41, 5.74) is -0.0117. The number of carboxylic acids is 3. The molecule has 16 nitrogen and oxygen atoms in total. The van der Waals surface area contributed by atoms with Gasteiger partial charge in [-0.2, -0.15) is 9.59 Å². The second kappa shape index (κ2) is 27.4. The molecule has 3 rings (SSSR count). The highest BCUT2D eigenvalue weighted by atomic mass is 32.4. The van der Waals surface area contributed by atoms with Gasteiger partial charge in [-0.05, 0) is 39.3 Å². The van der Waals surface area contributed by atoms with Crippen molar-refractivity contribution in [2.24, 2.45) is 10.9 Å². The molecule has 0 radical (unpaired) electrons. The lowest BCUT2D eigenvalue weighted by molar-refractivity contribution is -0.308. The fourth-order valence-electron chi connectivity index (χ4n) is 4.52. The first-order valence-corrected chi connectivity index (χ1v) is 22.1. The molecule has 0 saturated carbocycles. The number of ether oxygens (including phenoxy) is 1. The van der Waals surface area contributed by atoms with Gasteiger partial charge in [-0.25, -0.2) is 0 Å². The number of hydrogen-bond acceptors (Lipinski definition) is 18. The third kappa shape index (κ3) is 17.2. The van der Waals surface area contributed by atoms with Crippen molar-refractivity contribution in [3.05, 3.63) is 23.4 Å². The number of aliphatic imine (C=N–C) groups is 1. The first-order chi connectivity index (χ1) is 25.1. The van der Waals surface area contributed by atoms with E-state index in [-0.39, 0.29) is 71.8 Å². The normalized spacial score (nSPS) is 19.1. The van der Waals surface area contributed by atoms with Crippen molar-refractivity contribution in [2.45, 2.75) is 76.1 Å². The van der Waals surface area contributed by atoms with Gasteiger partial charge in [0, 0.05) is 42.5 Å². The van der Waals surface area contributed by atoms with Crippen LogP contribution in [0.2, 0.25) is 0 Å². The fraction of sp³-hybridized carbons (Fsp3) is 0.581. The van der Waals surface area contributed by atoms with Gasteiger partial charge < -0.3 is 39.8 Å². The number of fused-ring (bicyclic) bond motifs is 1. The number of nitrogens with one attached hydrogen (secondary N) is 1. The molecule has 1 N–H and O–H groups in total. The van der Waals surface area contributed by atoms with Crippen molar-refractivity contribution >= 4 is 115 Å². The quantitative estimate of drug-likeness (QED) is 0.108. The summed E-state index contributed by atoms with van der Waals surface area (Å²) in [6.45, 7) is 9.06. The van der Waals surface area contributed by atoms with Crippen LogP contribution in [-0.4, -0.2) is 105 Å². The molecule has 4 unspecified atom stereocenters. The number of esters is 1. The van der Waals surface area contributed by atoms with E-state index in [1.54, 1.807) is 6.92 Å². The van der Waals surface area contributed by atoms with Gasteiger partial charge in [0.05, 0.1) is 47.0 Å². The Balaban J connectivity index is 0.000000888. The third-order valence-electron chi connectivity index (χ3n) is 6.82. The van der Waals surface area contributed by atoms with Gasteiger partial charge in [0.25, 0.3) is 0 Å². The number of hydrogen-bond donors (Lipinski definition) is 1. The lowest BCUT2D eigenvalue weighted by atomic mass is 9.89. The highest BCUT2D eigenvalue weighted by Gasteiger charge is 2.52. The molecule has 3 heterocycles. The fourth-order valence-corrected chi connectivity index (χ4v) is 7.52. The minimum absolute atomic E-state index is 0.00540. The van der Waals surface area contributed by atoms with Gasteiger partial charge in [0.2, 0.25) is 11.8 Å². The van der Waals surface area contributed by atoms with Gasteiger partial charge >= 0.3 is 12.1 Å². The molecule has 53 heavy (non-hydrogen) atoms. The van der Waals surface area contributed by atoms with E-state index in [0.29, 0.717) is 44.1 Å². The van der Waals surface area contributed by atoms with Crippen LogP contribution in [0.4, 0.5) is 0 Å². The van der Waals surface area contributed by atoms with E-state index in [2.05, 4.69) is 35.6 Å².